The van der Waals surface area contributed by atoms with E-state index < -0.39 is 56.2 Å². The lowest BCUT2D eigenvalue weighted by Gasteiger charge is -2.41. The average molecular weight is 782 g/mol. The molecule has 0 aliphatic carbocycles. The lowest BCUT2D eigenvalue weighted by molar-refractivity contribution is -0.173. The minimum absolute atomic E-state index is 0.00135. The predicted octanol–water partition coefficient (Wildman–Crippen LogP) is 9.07. The molecule has 0 spiro atoms. The van der Waals surface area contributed by atoms with E-state index in [1.165, 1.54) is 13.2 Å². The van der Waals surface area contributed by atoms with Gasteiger partial charge in [0.25, 0.3) is 0 Å². The van der Waals surface area contributed by atoms with Gasteiger partial charge in [0.05, 0.1) is 30.8 Å². The highest BCUT2D eigenvalue weighted by atomic mass is 28.4. The fourth-order valence-corrected chi connectivity index (χ4v) is 7.63. The molecule has 1 aromatic heterocycles. The molecular weight excluding hydrogens is 719 g/mol. The van der Waals surface area contributed by atoms with Gasteiger partial charge in [-0.05, 0) is 62.9 Å². The Bertz CT molecular complexity index is 1600. The van der Waals surface area contributed by atoms with Crippen LogP contribution in [0.1, 0.15) is 121 Å². The van der Waals surface area contributed by atoms with Gasteiger partial charge in [0.1, 0.15) is 18.1 Å². The zero-order valence-corrected chi connectivity index (χ0v) is 35.6. The van der Waals surface area contributed by atoms with Gasteiger partial charge in [0.15, 0.2) is 32.2 Å². The van der Waals surface area contributed by atoms with Crippen LogP contribution < -0.4 is 0 Å². The van der Waals surface area contributed by atoms with Crippen LogP contribution >= 0.6 is 0 Å². The number of hydrogen-bond acceptors (Lipinski definition) is 11. The monoisotopic (exact) mass is 781 g/mol. The summed E-state index contributed by atoms with van der Waals surface area (Å²) < 4.78 is 42.0. The van der Waals surface area contributed by atoms with Gasteiger partial charge in [-0.25, -0.2) is 9.78 Å². The molecule has 0 bridgehead atoms. The van der Waals surface area contributed by atoms with Crippen LogP contribution in [0.2, 0.25) is 18.1 Å². The summed E-state index contributed by atoms with van der Waals surface area (Å²) in [5.41, 5.74) is 0.896. The van der Waals surface area contributed by atoms with Crippen LogP contribution in [0.25, 0.3) is 0 Å². The predicted molar refractivity (Wildman–Crippen MR) is 212 cm³/mol. The number of carbonyl (C=O) groups excluding carboxylic acids is 3. The highest BCUT2D eigenvalue weighted by molar-refractivity contribution is 6.74. The van der Waals surface area contributed by atoms with Gasteiger partial charge in [-0.15, -0.1) is 6.58 Å². The van der Waals surface area contributed by atoms with E-state index in [4.69, 9.17) is 32.5 Å². The quantitative estimate of drug-likeness (QED) is 0.0419. The molecule has 1 aromatic carbocycles. The standard InChI is InChI=1S/C43H63NO10Si/c1-12-23-43(49-24-25-50-43)28-37(54-55(10,11)42(7,8)9)20-16-19-36(52-34(6)45)27-39(38-29-48-33(5)44-38)53-40(46)31(3)26-30(2)21-22-32(4)51-41(47)35-17-14-13-15-18-35/h12-15,17-18,29-32,36-37,39H,1,16,19-20,23-28H2,2-11H3/t30-,31+,32?,36+,37-,39+/m1/s1. The maximum Gasteiger partial charge on any atom is 0.339 e. The first-order chi connectivity index (χ1) is 25.8. The number of carbonyl (C=O) groups is 3. The Morgan fingerprint density at radius 2 is 1.64 bits per heavy atom. The van der Waals surface area contributed by atoms with E-state index in [0.717, 1.165) is 0 Å². The number of esters is 3. The summed E-state index contributed by atoms with van der Waals surface area (Å²) in [5.74, 6) is 3.73. The Hall–Kier alpha value is -3.76. The molecule has 0 amide bonds. The van der Waals surface area contributed by atoms with Crippen molar-refractivity contribution in [2.45, 2.75) is 149 Å². The molecule has 1 fully saturated rings. The average Bonchev–Trinajstić information content (AvgIpc) is 3.75. The normalized spacial score (nSPS) is 17.4. The molecule has 304 valence electrons. The van der Waals surface area contributed by atoms with Crippen molar-refractivity contribution in [3.05, 3.63) is 66.4 Å². The first-order valence-electron chi connectivity index (χ1n) is 19.5. The summed E-state index contributed by atoms with van der Waals surface area (Å²) in [6, 6.07) is 8.74. The number of rotatable bonds is 20. The van der Waals surface area contributed by atoms with Gasteiger partial charge < -0.3 is 32.5 Å². The third kappa shape index (κ3) is 15.0. The van der Waals surface area contributed by atoms with E-state index >= 15 is 0 Å². The van der Waals surface area contributed by atoms with Crippen LogP contribution in [-0.4, -0.2) is 68.5 Å². The number of nitrogens with zero attached hydrogens (tertiary/aromatic N) is 1. The van der Waals surface area contributed by atoms with Gasteiger partial charge in [-0.1, -0.05) is 70.7 Å². The van der Waals surface area contributed by atoms with Crippen molar-refractivity contribution in [3.8, 4) is 11.8 Å². The first kappa shape index (κ1) is 45.6. The highest BCUT2D eigenvalue weighted by Crippen LogP contribution is 2.40. The Morgan fingerprint density at radius 1 is 0.982 bits per heavy atom. The molecule has 55 heavy (non-hydrogen) atoms. The number of aromatic nitrogens is 1. The molecule has 0 N–H and O–H groups in total. The molecule has 3 rings (SSSR count). The van der Waals surface area contributed by atoms with Gasteiger partial charge in [0, 0.05) is 39.0 Å². The molecule has 0 radical (unpaired) electrons. The van der Waals surface area contributed by atoms with Crippen LogP contribution in [0, 0.1) is 30.6 Å². The van der Waals surface area contributed by atoms with Crippen LogP contribution in [-0.2, 0) is 37.7 Å². The SMILES string of the molecule is C=CCC1(C[C@@H](CCC[C@@H](C[C@H](OC(=O)[C@@H](C)C[C@H](C)C#CC(C)OC(=O)c2ccccc2)c2coc(C)n2)OC(C)=O)O[Si](C)(C)C(C)(C)C)OCCO1. The molecule has 1 aliphatic rings. The van der Waals surface area contributed by atoms with Crippen LogP contribution in [0.15, 0.2) is 53.7 Å². The Kier molecular flexibility index (Phi) is 17.4. The molecule has 1 saturated heterocycles. The van der Waals surface area contributed by atoms with Crippen molar-refractivity contribution in [2.24, 2.45) is 11.8 Å². The van der Waals surface area contributed by atoms with Gasteiger partial charge >= 0.3 is 17.9 Å². The smallest absolute Gasteiger partial charge is 0.339 e. The zero-order chi connectivity index (χ0) is 40.8. The molecule has 6 atom stereocenters. The maximum atomic E-state index is 13.5. The molecule has 1 unspecified atom stereocenters. The first-order valence-corrected chi connectivity index (χ1v) is 22.4. The lowest BCUT2D eigenvalue weighted by Crippen LogP contribution is -2.46. The van der Waals surface area contributed by atoms with Crippen molar-refractivity contribution in [3.63, 3.8) is 0 Å². The van der Waals surface area contributed by atoms with E-state index in [1.807, 2.05) is 19.1 Å². The van der Waals surface area contributed by atoms with E-state index in [-0.39, 0.29) is 23.5 Å². The summed E-state index contributed by atoms with van der Waals surface area (Å²) >= 11 is 0. The molecule has 12 heteroatoms. The van der Waals surface area contributed by atoms with E-state index in [9.17, 15) is 14.4 Å². The third-order valence-electron chi connectivity index (χ3n) is 10.1. The minimum Gasteiger partial charge on any atom is -0.462 e. The summed E-state index contributed by atoms with van der Waals surface area (Å²) in [6.07, 6.45) is 4.71. The number of benzene rings is 1. The number of ether oxygens (including phenoxy) is 5. The topological polar surface area (TPSA) is 133 Å². The maximum absolute atomic E-state index is 13.5. The Morgan fingerprint density at radius 3 is 2.22 bits per heavy atom. The minimum atomic E-state index is -2.17. The summed E-state index contributed by atoms with van der Waals surface area (Å²) in [7, 11) is -2.17. The van der Waals surface area contributed by atoms with Crippen LogP contribution in [0.3, 0.4) is 0 Å². The molecular formula is C43H63NO10Si. The number of aryl methyl sites for hydroxylation is 1. The second-order valence-corrected chi connectivity index (χ2v) is 20.9. The van der Waals surface area contributed by atoms with Gasteiger partial charge in [-0.2, -0.15) is 0 Å². The molecule has 0 saturated carbocycles. The zero-order valence-electron chi connectivity index (χ0n) is 34.6. The fraction of sp³-hybridized carbons (Fsp3) is 0.628. The summed E-state index contributed by atoms with van der Waals surface area (Å²) in [6.45, 7) is 24.6. The fourth-order valence-electron chi connectivity index (χ4n) is 6.24. The number of hydrogen-bond donors (Lipinski definition) is 0. The van der Waals surface area contributed by atoms with Crippen molar-refractivity contribution >= 4 is 26.2 Å². The van der Waals surface area contributed by atoms with Crippen molar-refractivity contribution < 1.29 is 46.9 Å². The third-order valence-corrected chi connectivity index (χ3v) is 14.6. The Labute approximate surface area is 329 Å². The molecule has 2 aromatic rings. The van der Waals surface area contributed by atoms with Crippen LogP contribution in [0.5, 0.6) is 0 Å². The van der Waals surface area contributed by atoms with E-state index in [0.29, 0.717) is 68.9 Å². The van der Waals surface area contributed by atoms with E-state index in [1.54, 1.807) is 45.0 Å². The van der Waals surface area contributed by atoms with Crippen molar-refractivity contribution in [1.29, 1.82) is 0 Å². The van der Waals surface area contributed by atoms with E-state index in [2.05, 4.69) is 57.3 Å². The lowest BCUT2D eigenvalue weighted by atomic mass is 9.97. The number of oxazole rings is 1. The molecule has 11 nitrogen and oxygen atoms in total. The molecule has 1 aliphatic heterocycles. The largest absolute Gasteiger partial charge is 0.462 e. The van der Waals surface area contributed by atoms with Crippen molar-refractivity contribution in [2.75, 3.05) is 13.2 Å². The Balaban J connectivity index is 1.69. The van der Waals surface area contributed by atoms with Crippen molar-refractivity contribution in [1.82, 2.24) is 4.98 Å². The second-order valence-electron chi connectivity index (χ2n) is 16.2. The summed E-state index contributed by atoms with van der Waals surface area (Å²) in [5, 5.41) is -0.00135. The second kappa shape index (κ2) is 21.0. The highest BCUT2D eigenvalue weighted by Gasteiger charge is 2.43. The van der Waals surface area contributed by atoms with Crippen LogP contribution in [0.4, 0.5) is 0 Å². The molecule has 2 heterocycles. The summed E-state index contributed by atoms with van der Waals surface area (Å²) in [4.78, 5) is 42.7. The van der Waals surface area contributed by atoms with Gasteiger partial charge in [-0.3, -0.25) is 9.59 Å². The van der Waals surface area contributed by atoms with Gasteiger partial charge in [0.2, 0.25) is 0 Å².